The van der Waals surface area contributed by atoms with Crippen LogP contribution in [0.15, 0.2) is 35.0 Å². The molecular formula is C9H6N2O3. The number of carbonyl (C=O) groups is 1. The maximum absolute atomic E-state index is 10.5. The molecule has 0 spiro atoms. The second-order valence-corrected chi connectivity index (χ2v) is 2.60. The molecule has 0 aliphatic heterocycles. The second kappa shape index (κ2) is 3.29. The fourth-order valence-electron chi connectivity index (χ4n) is 1.01. The lowest BCUT2D eigenvalue weighted by molar-refractivity contribution is 0.0652. The molecule has 0 amide bonds. The number of pyridine rings is 1. The molecule has 14 heavy (non-hydrogen) atoms. The molecule has 5 heteroatoms. The Balaban J connectivity index is 2.39. The van der Waals surface area contributed by atoms with E-state index in [4.69, 9.17) is 5.11 Å². The van der Waals surface area contributed by atoms with E-state index in [1.54, 1.807) is 24.4 Å². The van der Waals surface area contributed by atoms with Gasteiger partial charge in [-0.2, -0.15) is 0 Å². The smallest absolute Gasteiger partial charge is 0.374 e. The minimum absolute atomic E-state index is 0.189. The van der Waals surface area contributed by atoms with E-state index in [2.05, 4.69) is 14.7 Å². The SMILES string of the molecule is O=C(O)c1cc(-c2ccccn2)no1. The number of aromatic carboxylic acids is 1. The van der Waals surface area contributed by atoms with Crippen molar-refractivity contribution in [3.63, 3.8) is 0 Å². The molecule has 0 atom stereocenters. The predicted molar refractivity (Wildman–Crippen MR) is 46.7 cm³/mol. The minimum atomic E-state index is -1.14. The summed E-state index contributed by atoms with van der Waals surface area (Å²) in [6.45, 7) is 0. The van der Waals surface area contributed by atoms with Crippen LogP contribution in [0.4, 0.5) is 0 Å². The van der Waals surface area contributed by atoms with Crippen LogP contribution in [-0.2, 0) is 0 Å². The van der Waals surface area contributed by atoms with Gasteiger partial charge in [0.25, 0.3) is 0 Å². The van der Waals surface area contributed by atoms with E-state index in [1.165, 1.54) is 6.07 Å². The van der Waals surface area contributed by atoms with Crippen molar-refractivity contribution in [1.29, 1.82) is 0 Å². The molecule has 0 bridgehead atoms. The lowest BCUT2D eigenvalue weighted by Gasteiger charge is -1.89. The van der Waals surface area contributed by atoms with Crippen molar-refractivity contribution in [3.05, 3.63) is 36.2 Å². The summed E-state index contributed by atoms with van der Waals surface area (Å²) in [6, 6.07) is 6.62. The van der Waals surface area contributed by atoms with Crippen molar-refractivity contribution < 1.29 is 14.4 Å². The topological polar surface area (TPSA) is 76.2 Å². The van der Waals surface area contributed by atoms with Gasteiger partial charge < -0.3 is 9.63 Å². The van der Waals surface area contributed by atoms with Gasteiger partial charge in [0.2, 0.25) is 5.76 Å². The fraction of sp³-hybridized carbons (Fsp3) is 0. The van der Waals surface area contributed by atoms with E-state index in [0.29, 0.717) is 11.4 Å². The summed E-state index contributed by atoms with van der Waals surface area (Å²) in [7, 11) is 0. The number of carboxylic acids is 1. The van der Waals surface area contributed by atoms with Gasteiger partial charge in [0.15, 0.2) is 0 Å². The van der Waals surface area contributed by atoms with Crippen molar-refractivity contribution >= 4 is 5.97 Å². The van der Waals surface area contributed by atoms with Crippen molar-refractivity contribution in [2.75, 3.05) is 0 Å². The van der Waals surface area contributed by atoms with Gasteiger partial charge in [-0.05, 0) is 12.1 Å². The van der Waals surface area contributed by atoms with Crippen LogP contribution in [0, 0.1) is 0 Å². The van der Waals surface area contributed by atoms with Gasteiger partial charge in [-0.3, -0.25) is 4.98 Å². The third-order valence-electron chi connectivity index (χ3n) is 1.65. The third kappa shape index (κ3) is 1.47. The molecule has 1 N–H and O–H groups in total. The average molecular weight is 190 g/mol. The number of carboxylic acid groups (broad SMARTS) is 1. The first-order valence-electron chi connectivity index (χ1n) is 3.89. The normalized spacial score (nSPS) is 10.0. The van der Waals surface area contributed by atoms with E-state index in [-0.39, 0.29) is 5.76 Å². The maximum Gasteiger partial charge on any atom is 0.374 e. The van der Waals surface area contributed by atoms with Crippen LogP contribution in [0.25, 0.3) is 11.4 Å². The Kier molecular flexibility index (Phi) is 1.98. The zero-order valence-corrected chi connectivity index (χ0v) is 7.04. The van der Waals surface area contributed by atoms with Gasteiger partial charge in [0.05, 0.1) is 5.69 Å². The van der Waals surface area contributed by atoms with E-state index < -0.39 is 5.97 Å². The van der Waals surface area contributed by atoms with Gasteiger partial charge in [-0.25, -0.2) is 4.79 Å². The highest BCUT2D eigenvalue weighted by Gasteiger charge is 2.12. The molecule has 0 saturated heterocycles. The molecule has 2 aromatic rings. The molecule has 0 radical (unpaired) electrons. The highest BCUT2D eigenvalue weighted by molar-refractivity contribution is 5.85. The lowest BCUT2D eigenvalue weighted by atomic mass is 10.2. The molecule has 0 fully saturated rings. The van der Waals surface area contributed by atoms with E-state index >= 15 is 0 Å². The summed E-state index contributed by atoms with van der Waals surface area (Å²) in [5, 5.41) is 12.2. The van der Waals surface area contributed by atoms with Crippen LogP contribution in [0.5, 0.6) is 0 Å². The van der Waals surface area contributed by atoms with Crippen molar-refractivity contribution in [2.45, 2.75) is 0 Å². The van der Waals surface area contributed by atoms with Crippen LogP contribution in [0.1, 0.15) is 10.6 Å². The van der Waals surface area contributed by atoms with Crippen LogP contribution < -0.4 is 0 Å². The van der Waals surface area contributed by atoms with E-state index in [9.17, 15) is 4.79 Å². The molecule has 0 unspecified atom stereocenters. The molecule has 2 aromatic heterocycles. The molecule has 0 aliphatic carbocycles. The summed E-state index contributed by atoms with van der Waals surface area (Å²) in [4.78, 5) is 14.5. The molecule has 0 saturated carbocycles. The first-order valence-corrected chi connectivity index (χ1v) is 3.89. The Morgan fingerprint density at radius 1 is 1.36 bits per heavy atom. The standard InChI is InChI=1S/C9H6N2O3/c12-9(13)8-5-7(11-14-8)6-3-1-2-4-10-6/h1-5H,(H,12,13). The first kappa shape index (κ1) is 8.43. The number of aromatic nitrogens is 2. The molecule has 2 heterocycles. The van der Waals surface area contributed by atoms with Crippen molar-refractivity contribution in [2.24, 2.45) is 0 Å². The molecule has 70 valence electrons. The van der Waals surface area contributed by atoms with Crippen molar-refractivity contribution in [3.8, 4) is 11.4 Å². The first-order chi connectivity index (χ1) is 6.77. The minimum Gasteiger partial charge on any atom is -0.475 e. The summed E-state index contributed by atoms with van der Waals surface area (Å²) < 4.78 is 4.59. The average Bonchev–Trinajstić information content (AvgIpc) is 2.68. The van der Waals surface area contributed by atoms with Gasteiger partial charge in [-0.1, -0.05) is 11.2 Å². The van der Waals surface area contributed by atoms with E-state index in [1.807, 2.05) is 0 Å². The van der Waals surface area contributed by atoms with Gasteiger partial charge >= 0.3 is 5.97 Å². The quantitative estimate of drug-likeness (QED) is 0.775. The number of hydrogen-bond donors (Lipinski definition) is 1. The number of rotatable bonds is 2. The van der Waals surface area contributed by atoms with E-state index in [0.717, 1.165) is 0 Å². The highest BCUT2D eigenvalue weighted by atomic mass is 16.5. The Morgan fingerprint density at radius 2 is 2.21 bits per heavy atom. The van der Waals surface area contributed by atoms with Gasteiger partial charge in [-0.15, -0.1) is 0 Å². The van der Waals surface area contributed by atoms with Crippen LogP contribution in [0.3, 0.4) is 0 Å². The van der Waals surface area contributed by atoms with Crippen molar-refractivity contribution in [1.82, 2.24) is 10.1 Å². The second-order valence-electron chi connectivity index (χ2n) is 2.60. The highest BCUT2D eigenvalue weighted by Crippen LogP contribution is 2.15. The third-order valence-corrected chi connectivity index (χ3v) is 1.65. The Labute approximate surface area is 79.0 Å². The zero-order valence-electron chi connectivity index (χ0n) is 7.04. The Bertz CT molecular complexity index is 450. The zero-order chi connectivity index (χ0) is 9.97. The molecule has 5 nitrogen and oxygen atoms in total. The summed E-state index contributed by atoms with van der Waals surface area (Å²) in [5.74, 6) is -1.33. The molecule has 0 aliphatic rings. The molecule has 0 aromatic carbocycles. The van der Waals surface area contributed by atoms with Gasteiger partial charge in [0.1, 0.15) is 5.69 Å². The van der Waals surface area contributed by atoms with Crippen LogP contribution in [-0.4, -0.2) is 21.2 Å². The number of nitrogens with zero attached hydrogens (tertiary/aromatic N) is 2. The molecular weight excluding hydrogens is 184 g/mol. The monoisotopic (exact) mass is 190 g/mol. The Hall–Kier alpha value is -2.17. The van der Waals surface area contributed by atoms with Gasteiger partial charge in [0, 0.05) is 12.3 Å². The number of hydrogen-bond acceptors (Lipinski definition) is 4. The van der Waals surface area contributed by atoms with Crippen LogP contribution >= 0.6 is 0 Å². The van der Waals surface area contributed by atoms with Crippen LogP contribution in [0.2, 0.25) is 0 Å². The predicted octanol–water partition coefficient (Wildman–Crippen LogP) is 1.43. The summed E-state index contributed by atoms with van der Waals surface area (Å²) in [5.41, 5.74) is 1.01. The lowest BCUT2D eigenvalue weighted by Crippen LogP contribution is -1.91. The summed E-state index contributed by atoms with van der Waals surface area (Å²) >= 11 is 0. The largest absolute Gasteiger partial charge is 0.475 e. The molecule has 2 rings (SSSR count). The Morgan fingerprint density at radius 3 is 2.79 bits per heavy atom. The summed E-state index contributed by atoms with van der Waals surface area (Å²) in [6.07, 6.45) is 1.60. The maximum atomic E-state index is 10.5. The fourth-order valence-corrected chi connectivity index (χ4v) is 1.01.